The Morgan fingerprint density at radius 3 is 1.01 bits per heavy atom. The molecule has 0 bridgehead atoms. The average Bonchev–Trinajstić information content (AvgIpc) is 1.51. The zero-order chi connectivity index (χ0) is 56.5. The molecule has 15 aromatic rings. The van der Waals surface area contributed by atoms with Gasteiger partial charge in [-0.3, -0.25) is 0 Å². The minimum atomic E-state index is -0.0516. The molecule has 0 saturated heterocycles. The van der Waals surface area contributed by atoms with Crippen molar-refractivity contribution in [3.8, 4) is 44.5 Å². The lowest BCUT2D eigenvalue weighted by Gasteiger charge is -2.42. The quantitative estimate of drug-likeness (QED) is 0.153. The van der Waals surface area contributed by atoms with Crippen molar-refractivity contribution in [2.45, 2.75) is 59.3 Å². The van der Waals surface area contributed by atoms with E-state index in [1.807, 2.05) is 68.0 Å². The number of rotatable bonds is 6. The van der Waals surface area contributed by atoms with Crippen LogP contribution in [0.25, 0.3) is 105 Å². The molecule has 9 heteroatoms. The van der Waals surface area contributed by atoms with Gasteiger partial charge in [-0.1, -0.05) is 126 Å². The molecular weight excluding hydrogens is 1130 g/mol. The smallest absolute Gasteiger partial charge is 0.277 e. The first-order valence-electron chi connectivity index (χ1n) is 28.8. The van der Waals surface area contributed by atoms with Gasteiger partial charge in [-0.2, -0.15) is 0 Å². The highest BCUT2D eigenvalue weighted by Gasteiger charge is 2.47. The molecule has 0 radical (unpaired) electrons. The van der Waals surface area contributed by atoms with Crippen LogP contribution >= 0.6 is 68.0 Å². The molecule has 9 aromatic carbocycles. The van der Waals surface area contributed by atoms with Crippen molar-refractivity contribution in [2.75, 3.05) is 9.80 Å². The van der Waals surface area contributed by atoms with E-state index in [-0.39, 0.29) is 17.5 Å². The van der Waals surface area contributed by atoms with E-state index >= 15 is 0 Å². The predicted molar refractivity (Wildman–Crippen MR) is 377 cm³/mol. The molecule has 0 aliphatic carbocycles. The Hall–Kier alpha value is -7.60. The molecule has 0 saturated carbocycles. The van der Waals surface area contributed by atoms with E-state index in [0.29, 0.717) is 0 Å². The first kappa shape index (κ1) is 50.9. The molecule has 0 amide bonds. The second-order valence-corrected chi connectivity index (χ2v) is 30.8. The highest BCUT2D eigenvalue weighted by molar-refractivity contribution is 7.40. The Kier molecular flexibility index (Phi) is 11.3. The van der Waals surface area contributed by atoms with Crippen molar-refractivity contribution in [3.63, 3.8) is 0 Å². The summed E-state index contributed by atoms with van der Waals surface area (Å²) in [7, 11) is 0. The Bertz CT molecular complexity index is 4730. The largest absolute Gasteiger partial charge is 0.310 e. The number of nitrogens with zero attached hydrogens (tertiary/aromatic N) is 2. The number of benzene rings is 9. The maximum absolute atomic E-state index is 2.71. The predicted octanol–water partition coefficient (Wildman–Crippen LogP) is 22.6. The third-order valence-electron chi connectivity index (χ3n) is 17.7. The number of hydrogen-bond donors (Lipinski definition) is 0. The molecule has 2 aliphatic heterocycles. The van der Waals surface area contributed by atoms with Gasteiger partial charge in [0.25, 0.3) is 6.71 Å². The van der Waals surface area contributed by atoms with Gasteiger partial charge in [-0.25, -0.2) is 0 Å². The van der Waals surface area contributed by atoms with Crippen LogP contribution in [0, 0.1) is 6.92 Å². The van der Waals surface area contributed by atoms with Crippen LogP contribution in [0.15, 0.2) is 204 Å². The number of aryl methyl sites for hydroxylation is 1. The summed E-state index contributed by atoms with van der Waals surface area (Å²) in [5.41, 5.74) is 22.6. The molecule has 0 fully saturated rings. The lowest BCUT2D eigenvalue weighted by atomic mass is 9.39. The zero-order valence-electron chi connectivity index (χ0n) is 47.6. The minimum Gasteiger partial charge on any atom is -0.310 e. The fraction of sp³-hybridized carbons (Fsp3) is 0.120. The first-order chi connectivity index (χ1) is 40.8. The number of hydrogen-bond acceptors (Lipinski definition) is 8. The molecule has 0 N–H and O–H groups in total. The van der Waals surface area contributed by atoms with Crippen LogP contribution in [0.3, 0.4) is 0 Å². The Labute approximate surface area is 513 Å². The van der Waals surface area contributed by atoms with Crippen LogP contribution in [0.4, 0.5) is 34.1 Å². The van der Waals surface area contributed by atoms with E-state index in [9.17, 15) is 0 Å². The van der Waals surface area contributed by atoms with Crippen LogP contribution in [0.2, 0.25) is 0 Å². The van der Waals surface area contributed by atoms with Gasteiger partial charge in [-0.15, -0.1) is 68.0 Å². The van der Waals surface area contributed by atoms with Crippen molar-refractivity contribution in [1.29, 1.82) is 0 Å². The van der Waals surface area contributed by atoms with Crippen molar-refractivity contribution in [3.05, 3.63) is 220 Å². The summed E-state index contributed by atoms with van der Waals surface area (Å²) in [4.78, 5) is 5.42. The topological polar surface area (TPSA) is 6.48 Å². The van der Waals surface area contributed by atoms with Crippen LogP contribution in [0.1, 0.15) is 58.2 Å². The molecule has 2 nitrogen and oxygen atoms in total. The second kappa shape index (κ2) is 18.7. The molecule has 2 aliphatic rings. The monoisotopic (exact) mass is 1190 g/mol. The van der Waals surface area contributed by atoms with Gasteiger partial charge in [0.2, 0.25) is 0 Å². The van der Waals surface area contributed by atoms with Gasteiger partial charge in [-0.05, 0) is 181 Å². The third-order valence-corrected chi connectivity index (χ3v) is 24.0. The van der Waals surface area contributed by atoms with E-state index in [2.05, 4.69) is 262 Å². The zero-order valence-corrected chi connectivity index (χ0v) is 52.5. The van der Waals surface area contributed by atoms with Gasteiger partial charge in [0.05, 0.1) is 11.4 Å². The van der Waals surface area contributed by atoms with Crippen molar-refractivity contribution >= 4 is 184 Å². The van der Waals surface area contributed by atoms with Gasteiger partial charge in [0.15, 0.2) is 0 Å². The fourth-order valence-corrected chi connectivity index (χ4v) is 20.0. The lowest BCUT2D eigenvalue weighted by Crippen LogP contribution is -2.59. The van der Waals surface area contributed by atoms with E-state index in [1.54, 1.807) is 0 Å². The standard InChI is InChI=1S/C75H55BN2S6/c1-42-28-61-69-62(29-42)78(50-34-45(59-40-81-65-22-14-10-18-53(59)65)31-46(35-50)60-41-82-66-23-15-11-19-54(60)66)71-56-37-48(75(5,6)7)25-27-68(56)84-73(71)76(69)72-70(55-36-47(74(2,3)4)24-26-67(55)83-72)77(61)49-32-43(57-38-79-63-20-12-8-16-51(57)63)30-44(33-49)58-39-80-64-21-13-9-17-52(58)64/h8-41H,1-7H3. The molecule has 8 heterocycles. The van der Waals surface area contributed by atoms with Crippen LogP contribution in [-0.4, -0.2) is 6.71 Å². The lowest BCUT2D eigenvalue weighted by molar-refractivity contribution is 0.591. The van der Waals surface area contributed by atoms with Gasteiger partial charge < -0.3 is 9.80 Å². The second-order valence-electron chi connectivity index (χ2n) is 25.0. The van der Waals surface area contributed by atoms with Gasteiger partial charge in [0.1, 0.15) is 0 Å². The van der Waals surface area contributed by atoms with E-state index in [0.717, 1.165) is 0 Å². The highest BCUT2D eigenvalue weighted by atomic mass is 32.1. The van der Waals surface area contributed by atoms with Crippen molar-refractivity contribution in [2.24, 2.45) is 0 Å². The number of fused-ring (bicyclic) bond motifs is 12. The van der Waals surface area contributed by atoms with Crippen LogP contribution in [-0.2, 0) is 10.8 Å². The van der Waals surface area contributed by atoms with E-state index in [4.69, 9.17) is 0 Å². The fourth-order valence-electron chi connectivity index (χ4n) is 13.5. The molecular formula is C75H55BN2S6. The van der Waals surface area contributed by atoms with E-state index < -0.39 is 0 Å². The normalized spacial score (nSPS) is 13.3. The summed E-state index contributed by atoms with van der Waals surface area (Å²) in [6.45, 7) is 16.4. The molecule has 17 rings (SSSR count). The van der Waals surface area contributed by atoms with Gasteiger partial charge >= 0.3 is 0 Å². The van der Waals surface area contributed by atoms with Crippen molar-refractivity contribution < 1.29 is 0 Å². The summed E-state index contributed by atoms with van der Waals surface area (Å²) >= 11 is 11.4. The highest BCUT2D eigenvalue weighted by Crippen LogP contribution is 2.54. The SMILES string of the molecule is Cc1cc2c3c(c1)N(c1cc(-c4csc5ccccc45)cc(-c4csc5ccccc45)c1)c1c(sc4ccc(C(C)(C)C)cc14)B3c1sc3ccc(C(C)(C)C)cc3c1N2c1cc(-c2csc3ccccc23)cc(-c2csc3ccccc23)c1. The Morgan fingerprint density at radius 2 is 0.679 bits per heavy atom. The average molecular weight is 1190 g/mol. The summed E-state index contributed by atoms with van der Waals surface area (Å²) in [6, 6.07) is 70.4. The molecule has 6 aromatic heterocycles. The van der Waals surface area contributed by atoms with Crippen LogP contribution in [0.5, 0.6) is 0 Å². The summed E-state index contributed by atoms with van der Waals surface area (Å²) in [5, 5.41) is 17.3. The molecule has 84 heavy (non-hydrogen) atoms. The van der Waals surface area contributed by atoms with E-state index in [1.165, 1.54) is 171 Å². The Morgan fingerprint density at radius 1 is 0.345 bits per heavy atom. The number of thiophene rings is 6. The van der Waals surface area contributed by atoms with Crippen molar-refractivity contribution in [1.82, 2.24) is 0 Å². The van der Waals surface area contributed by atoms with Gasteiger partial charge in [0, 0.05) is 115 Å². The Balaban J connectivity index is 0.996. The maximum Gasteiger partial charge on any atom is 0.277 e. The molecule has 0 spiro atoms. The summed E-state index contributed by atoms with van der Waals surface area (Å²) in [6.07, 6.45) is 0. The summed E-state index contributed by atoms with van der Waals surface area (Å²) in [5.74, 6) is 0. The number of anilines is 6. The third kappa shape index (κ3) is 7.82. The van der Waals surface area contributed by atoms with Crippen LogP contribution < -0.4 is 24.8 Å². The summed E-state index contributed by atoms with van der Waals surface area (Å²) < 4.78 is 10.6. The molecule has 0 unspecified atom stereocenters. The first-order valence-corrected chi connectivity index (χ1v) is 34.0. The maximum atomic E-state index is 2.71. The molecule has 0 atom stereocenters. The minimum absolute atomic E-state index is 0.0207. The molecule has 404 valence electrons.